The molecule has 0 spiro atoms. The van der Waals surface area contributed by atoms with Crippen molar-refractivity contribution in [1.29, 1.82) is 0 Å². The van der Waals surface area contributed by atoms with Crippen molar-refractivity contribution >= 4 is 22.8 Å². The average Bonchev–Trinajstić information content (AvgIpc) is 3.50. The molecular weight excluding hydrogens is 429 g/mol. The minimum absolute atomic E-state index is 0.174. The van der Waals surface area contributed by atoms with E-state index in [1.54, 1.807) is 18.2 Å². The SMILES string of the molecule is O[C@@H]1CO[C@H]2[C@@H]1OC[C@H]2Oc1nc2nc(C[C@H]3COc4cccc(F)c43)c(Cl)cc2[nH]1. The number of hydrogen-bond acceptors (Lipinski definition) is 7. The van der Waals surface area contributed by atoms with E-state index in [1.165, 1.54) is 6.07 Å². The number of ether oxygens (including phenoxy) is 4. The van der Waals surface area contributed by atoms with Gasteiger partial charge in [0.25, 0.3) is 6.01 Å². The number of nitrogens with zero attached hydrogens (tertiary/aromatic N) is 2. The Morgan fingerprint density at radius 3 is 2.97 bits per heavy atom. The van der Waals surface area contributed by atoms with Crippen LogP contribution >= 0.6 is 11.6 Å². The van der Waals surface area contributed by atoms with Gasteiger partial charge < -0.3 is 29.0 Å². The third-order valence-corrected chi connectivity index (χ3v) is 6.35. The lowest BCUT2D eigenvalue weighted by molar-refractivity contribution is 0.00706. The van der Waals surface area contributed by atoms with E-state index in [9.17, 15) is 9.50 Å². The zero-order valence-electron chi connectivity index (χ0n) is 16.3. The largest absolute Gasteiger partial charge is 0.493 e. The molecule has 0 saturated carbocycles. The molecule has 2 fully saturated rings. The number of H-pyrrole nitrogens is 1. The van der Waals surface area contributed by atoms with Crippen molar-refractivity contribution in [3.63, 3.8) is 0 Å². The lowest BCUT2D eigenvalue weighted by Crippen LogP contribution is -2.34. The van der Waals surface area contributed by atoms with Crippen LogP contribution in [0.4, 0.5) is 4.39 Å². The number of aliphatic hydroxyl groups is 1. The lowest BCUT2D eigenvalue weighted by Gasteiger charge is -2.15. The molecule has 2 aromatic heterocycles. The second-order valence-electron chi connectivity index (χ2n) is 8.01. The number of aliphatic hydroxyl groups excluding tert-OH is 1. The van der Waals surface area contributed by atoms with E-state index in [0.29, 0.717) is 52.8 Å². The summed E-state index contributed by atoms with van der Waals surface area (Å²) in [6, 6.07) is 6.84. The lowest BCUT2D eigenvalue weighted by atomic mass is 9.95. The van der Waals surface area contributed by atoms with E-state index in [1.807, 2.05) is 0 Å². The van der Waals surface area contributed by atoms with Gasteiger partial charge in [-0.1, -0.05) is 17.7 Å². The Balaban J connectivity index is 1.24. The van der Waals surface area contributed by atoms with Gasteiger partial charge in [-0.2, -0.15) is 4.98 Å². The van der Waals surface area contributed by atoms with Crippen molar-refractivity contribution in [2.75, 3.05) is 19.8 Å². The Labute approximate surface area is 181 Å². The Kier molecular flexibility index (Phi) is 4.53. The van der Waals surface area contributed by atoms with Crippen molar-refractivity contribution < 1.29 is 28.4 Å². The maximum atomic E-state index is 14.3. The van der Waals surface area contributed by atoms with Crippen LogP contribution in [0.15, 0.2) is 24.3 Å². The molecule has 8 nitrogen and oxygen atoms in total. The van der Waals surface area contributed by atoms with Gasteiger partial charge in [0, 0.05) is 17.9 Å². The number of hydrogen-bond donors (Lipinski definition) is 2. The van der Waals surface area contributed by atoms with Crippen molar-refractivity contribution in [3.05, 3.63) is 46.4 Å². The minimum atomic E-state index is -0.646. The van der Waals surface area contributed by atoms with Crippen LogP contribution in [0.3, 0.4) is 0 Å². The number of rotatable bonds is 4. The molecular formula is C21H19ClFN3O5. The highest BCUT2D eigenvalue weighted by atomic mass is 35.5. The van der Waals surface area contributed by atoms with E-state index in [4.69, 9.17) is 30.5 Å². The number of pyridine rings is 1. The van der Waals surface area contributed by atoms with Crippen molar-refractivity contribution in [3.8, 4) is 11.8 Å². The van der Waals surface area contributed by atoms with Gasteiger partial charge >= 0.3 is 0 Å². The van der Waals surface area contributed by atoms with Gasteiger partial charge in [-0.25, -0.2) is 9.37 Å². The number of aromatic nitrogens is 3. The summed E-state index contributed by atoms with van der Waals surface area (Å²) in [7, 11) is 0. The molecule has 3 aromatic rings. The van der Waals surface area contributed by atoms with Gasteiger partial charge in [0.1, 0.15) is 29.9 Å². The Morgan fingerprint density at radius 2 is 2.06 bits per heavy atom. The fourth-order valence-corrected chi connectivity index (χ4v) is 4.76. The normalized spacial score (nSPS) is 29.2. The fourth-order valence-electron chi connectivity index (χ4n) is 4.53. The molecule has 3 aliphatic rings. The van der Waals surface area contributed by atoms with Crippen LogP contribution in [0, 0.1) is 5.82 Å². The molecule has 0 bridgehead atoms. The maximum absolute atomic E-state index is 14.3. The summed E-state index contributed by atoms with van der Waals surface area (Å²) < 4.78 is 37.0. The average molecular weight is 448 g/mol. The van der Waals surface area contributed by atoms with E-state index >= 15 is 0 Å². The molecule has 0 amide bonds. The predicted octanol–water partition coefficient (Wildman–Crippen LogP) is 2.37. The van der Waals surface area contributed by atoms with Gasteiger partial charge in [-0.3, -0.25) is 0 Å². The molecule has 31 heavy (non-hydrogen) atoms. The van der Waals surface area contributed by atoms with Gasteiger partial charge in [0.15, 0.2) is 11.8 Å². The van der Waals surface area contributed by atoms with Crippen molar-refractivity contribution in [1.82, 2.24) is 15.0 Å². The molecule has 10 heteroatoms. The summed E-state index contributed by atoms with van der Waals surface area (Å²) in [5.41, 5.74) is 2.25. The Morgan fingerprint density at radius 1 is 1.19 bits per heavy atom. The molecule has 3 aliphatic heterocycles. The van der Waals surface area contributed by atoms with Crippen LogP contribution in [-0.2, 0) is 15.9 Å². The first-order valence-electron chi connectivity index (χ1n) is 10.1. The second kappa shape index (κ2) is 7.30. The van der Waals surface area contributed by atoms with Crippen LogP contribution in [0.5, 0.6) is 11.8 Å². The zero-order valence-corrected chi connectivity index (χ0v) is 17.0. The van der Waals surface area contributed by atoms with Gasteiger partial charge in [0.05, 0.1) is 36.1 Å². The Bertz CT molecular complexity index is 1160. The number of nitrogens with one attached hydrogen (secondary N) is 1. The minimum Gasteiger partial charge on any atom is -0.493 e. The predicted molar refractivity (Wildman–Crippen MR) is 107 cm³/mol. The second-order valence-corrected chi connectivity index (χ2v) is 8.42. The van der Waals surface area contributed by atoms with Crippen LogP contribution in [-0.4, -0.2) is 64.3 Å². The molecule has 2 saturated heterocycles. The third kappa shape index (κ3) is 3.23. The van der Waals surface area contributed by atoms with Crippen LogP contribution in [0.2, 0.25) is 5.02 Å². The monoisotopic (exact) mass is 447 g/mol. The highest BCUT2D eigenvalue weighted by Gasteiger charge is 2.48. The summed E-state index contributed by atoms with van der Waals surface area (Å²) >= 11 is 6.46. The first-order valence-corrected chi connectivity index (χ1v) is 10.5. The first kappa shape index (κ1) is 19.2. The molecule has 0 unspecified atom stereocenters. The number of imidazole rings is 1. The van der Waals surface area contributed by atoms with Crippen molar-refractivity contribution in [2.24, 2.45) is 0 Å². The topological polar surface area (TPSA) is 98.7 Å². The number of fused-ring (bicyclic) bond motifs is 3. The number of benzene rings is 1. The number of aromatic amines is 1. The van der Waals surface area contributed by atoms with E-state index in [0.717, 1.165) is 0 Å². The Hall–Kier alpha value is -2.46. The molecule has 1 aromatic carbocycles. The van der Waals surface area contributed by atoms with E-state index < -0.39 is 6.10 Å². The van der Waals surface area contributed by atoms with Crippen molar-refractivity contribution in [2.45, 2.75) is 36.8 Å². The molecule has 162 valence electrons. The summed E-state index contributed by atoms with van der Waals surface area (Å²) in [6.45, 7) is 0.900. The standard InChI is InChI=1S/C21H19ClFN3O5/c22-10-5-13-20(24-12(10)4-9-6-28-15-3-1-2-11(23)17(9)15)26-21(25-13)31-16-8-30-18-14(27)7-29-19(16)18/h1-3,5,9,14,16,18-19,27H,4,6-8H2,(H,24,25,26)/t9-,14+,16+,18+,19+/m0/s1. The molecule has 5 atom stereocenters. The summed E-state index contributed by atoms with van der Waals surface area (Å²) in [5.74, 6) is 0.102. The van der Waals surface area contributed by atoms with E-state index in [2.05, 4.69) is 15.0 Å². The highest BCUT2D eigenvalue weighted by Crippen LogP contribution is 2.38. The molecule has 0 radical (unpaired) electrons. The fraction of sp³-hybridized carbons (Fsp3) is 0.429. The smallest absolute Gasteiger partial charge is 0.296 e. The summed E-state index contributed by atoms with van der Waals surface area (Å²) in [5, 5.41) is 10.3. The first-order chi connectivity index (χ1) is 15.1. The van der Waals surface area contributed by atoms with Gasteiger partial charge in [0.2, 0.25) is 0 Å². The highest BCUT2D eigenvalue weighted by molar-refractivity contribution is 6.31. The molecule has 5 heterocycles. The van der Waals surface area contributed by atoms with Crippen LogP contribution in [0.1, 0.15) is 17.2 Å². The third-order valence-electron chi connectivity index (χ3n) is 6.02. The van der Waals surface area contributed by atoms with Gasteiger partial charge in [-0.05, 0) is 18.2 Å². The summed E-state index contributed by atoms with van der Waals surface area (Å²) in [6.07, 6.45) is -1.32. The zero-order chi connectivity index (χ0) is 21.1. The number of halogens is 2. The summed E-state index contributed by atoms with van der Waals surface area (Å²) in [4.78, 5) is 12.1. The molecule has 2 N–H and O–H groups in total. The molecule has 0 aliphatic carbocycles. The van der Waals surface area contributed by atoms with Gasteiger partial charge in [-0.15, -0.1) is 0 Å². The van der Waals surface area contributed by atoms with Crippen LogP contribution < -0.4 is 9.47 Å². The maximum Gasteiger partial charge on any atom is 0.296 e. The van der Waals surface area contributed by atoms with E-state index in [-0.39, 0.29) is 42.7 Å². The van der Waals surface area contributed by atoms with Crippen LogP contribution in [0.25, 0.3) is 11.2 Å². The molecule has 6 rings (SSSR count). The quantitative estimate of drug-likeness (QED) is 0.633.